The number of imidazole rings is 1. The molecule has 0 unspecified atom stereocenters. The van der Waals surface area contributed by atoms with E-state index in [4.69, 9.17) is 4.74 Å². The first-order valence-corrected chi connectivity index (χ1v) is 6.44. The fraction of sp³-hybridized carbons (Fsp3) is 0.200. The van der Waals surface area contributed by atoms with Crippen LogP contribution >= 0.6 is 0 Å². The lowest BCUT2D eigenvalue weighted by molar-refractivity contribution is -0.116. The first-order chi connectivity index (χ1) is 9.79. The molecule has 0 aliphatic carbocycles. The molecule has 2 N–H and O–H groups in total. The third-order valence-corrected chi connectivity index (χ3v) is 2.64. The highest BCUT2D eigenvalue weighted by Crippen LogP contribution is 2.19. The molecule has 1 heterocycles. The molecule has 2 aromatic rings. The predicted octanol–water partition coefficient (Wildman–Crippen LogP) is 2.14. The zero-order chi connectivity index (χ0) is 14.2. The van der Waals surface area contributed by atoms with E-state index >= 15 is 0 Å². The predicted molar refractivity (Wildman–Crippen MR) is 77.1 cm³/mol. The molecule has 5 heteroatoms. The molecule has 0 atom stereocenters. The highest BCUT2D eigenvalue weighted by Gasteiger charge is 2.00. The van der Waals surface area contributed by atoms with Gasteiger partial charge >= 0.3 is 0 Å². The molecule has 1 aromatic carbocycles. The molecule has 5 nitrogen and oxygen atoms in total. The lowest BCUT2D eigenvalue weighted by Crippen LogP contribution is -2.20. The third-order valence-electron chi connectivity index (χ3n) is 2.64. The van der Waals surface area contributed by atoms with E-state index in [1.807, 2.05) is 31.2 Å². The Labute approximate surface area is 117 Å². The maximum atomic E-state index is 11.7. The van der Waals surface area contributed by atoms with Gasteiger partial charge in [0.25, 0.3) is 0 Å². The number of benzene rings is 1. The number of rotatable bonds is 6. The van der Waals surface area contributed by atoms with Crippen molar-refractivity contribution >= 4 is 12.0 Å². The van der Waals surface area contributed by atoms with Crippen molar-refractivity contribution in [3.05, 3.63) is 54.1 Å². The zero-order valence-electron chi connectivity index (χ0n) is 11.3. The molecule has 0 saturated heterocycles. The number of hydrogen-bond donors (Lipinski definition) is 2. The quantitative estimate of drug-likeness (QED) is 0.791. The molecule has 2 rings (SSSR count). The minimum Gasteiger partial charge on any atom is -0.493 e. The molecule has 0 aliphatic heterocycles. The minimum atomic E-state index is -0.161. The number of H-pyrrole nitrogens is 1. The van der Waals surface area contributed by atoms with E-state index in [0.29, 0.717) is 13.2 Å². The van der Waals surface area contributed by atoms with Crippen LogP contribution in [0.1, 0.15) is 18.2 Å². The van der Waals surface area contributed by atoms with Crippen LogP contribution < -0.4 is 10.1 Å². The van der Waals surface area contributed by atoms with Crippen molar-refractivity contribution in [2.75, 3.05) is 6.61 Å². The summed E-state index contributed by atoms with van der Waals surface area (Å²) in [4.78, 5) is 18.5. The van der Waals surface area contributed by atoms with Crippen LogP contribution in [-0.2, 0) is 11.3 Å². The van der Waals surface area contributed by atoms with Gasteiger partial charge in [-0.1, -0.05) is 18.2 Å². The van der Waals surface area contributed by atoms with E-state index in [2.05, 4.69) is 15.3 Å². The van der Waals surface area contributed by atoms with Crippen molar-refractivity contribution in [3.8, 4) is 5.75 Å². The second kappa shape index (κ2) is 7.13. The van der Waals surface area contributed by atoms with E-state index in [1.165, 1.54) is 6.08 Å². The van der Waals surface area contributed by atoms with Crippen LogP contribution in [-0.4, -0.2) is 22.5 Å². The Morgan fingerprint density at radius 1 is 1.45 bits per heavy atom. The Morgan fingerprint density at radius 3 is 3.05 bits per heavy atom. The smallest absolute Gasteiger partial charge is 0.244 e. The largest absolute Gasteiger partial charge is 0.493 e. The topological polar surface area (TPSA) is 67.0 Å². The van der Waals surface area contributed by atoms with Crippen LogP contribution in [0.5, 0.6) is 5.75 Å². The summed E-state index contributed by atoms with van der Waals surface area (Å²) >= 11 is 0. The summed E-state index contributed by atoms with van der Waals surface area (Å²) in [6.45, 7) is 2.95. The van der Waals surface area contributed by atoms with Gasteiger partial charge in [-0.2, -0.15) is 0 Å². The number of carbonyl (C=O) groups excluding carboxylic acids is 1. The van der Waals surface area contributed by atoms with E-state index in [0.717, 1.165) is 17.0 Å². The Morgan fingerprint density at radius 2 is 2.30 bits per heavy atom. The average molecular weight is 271 g/mol. The van der Waals surface area contributed by atoms with E-state index in [9.17, 15) is 4.79 Å². The molecular formula is C15H17N3O2. The molecule has 0 aliphatic rings. The summed E-state index contributed by atoms with van der Waals surface area (Å²) in [5.74, 6) is 0.610. The number of para-hydroxylation sites is 1. The zero-order valence-corrected chi connectivity index (χ0v) is 11.3. The van der Waals surface area contributed by atoms with Gasteiger partial charge in [0.15, 0.2) is 0 Å². The monoisotopic (exact) mass is 271 g/mol. The molecule has 0 fully saturated rings. The molecule has 1 aromatic heterocycles. The number of aromatic nitrogens is 2. The number of ether oxygens (including phenoxy) is 1. The number of nitrogens with one attached hydrogen (secondary N) is 2. The average Bonchev–Trinajstić information content (AvgIpc) is 2.98. The van der Waals surface area contributed by atoms with Crippen LogP contribution in [0, 0.1) is 0 Å². The first-order valence-electron chi connectivity index (χ1n) is 6.44. The lowest BCUT2D eigenvalue weighted by Gasteiger charge is -2.06. The number of aromatic amines is 1. The van der Waals surface area contributed by atoms with Crippen molar-refractivity contribution in [1.29, 1.82) is 0 Å². The number of amides is 1. The Hall–Kier alpha value is -2.56. The fourth-order valence-electron chi connectivity index (χ4n) is 1.69. The maximum absolute atomic E-state index is 11.7. The van der Waals surface area contributed by atoms with Crippen LogP contribution in [0.4, 0.5) is 0 Å². The number of carbonyl (C=O) groups is 1. The van der Waals surface area contributed by atoms with Crippen molar-refractivity contribution in [1.82, 2.24) is 15.3 Å². The van der Waals surface area contributed by atoms with Gasteiger partial charge in [-0.05, 0) is 19.1 Å². The normalized spacial score (nSPS) is 10.7. The van der Waals surface area contributed by atoms with Gasteiger partial charge in [-0.15, -0.1) is 0 Å². The molecule has 0 saturated carbocycles. The molecule has 0 radical (unpaired) electrons. The van der Waals surface area contributed by atoms with Gasteiger partial charge in [-0.3, -0.25) is 4.79 Å². The van der Waals surface area contributed by atoms with Crippen LogP contribution in [0.15, 0.2) is 42.9 Å². The van der Waals surface area contributed by atoms with Crippen molar-refractivity contribution in [2.24, 2.45) is 0 Å². The van der Waals surface area contributed by atoms with Crippen LogP contribution in [0.2, 0.25) is 0 Å². The Balaban J connectivity index is 1.93. The molecule has 104 valence electrons. The number of nitrogens with zero attached hydrogens (tertiary/aromatic N) is 1. The maximum Gasteiger partial charge on any atom is 0.244 e. The summed E-state index contributed by atoms with van der Waals surface area (Å²) in [7, 11) is 0. The SMILES string of the molecule is CCOc1ccccc1C=CC(=O)NCc1cnc[nH]1. The molecule has 1 amide bonds. The van der Waals surface area contributed by atoms with Crippen LogP contribution in [0.3, 0.4) is 0 Å². The second-order valence-electron chi connectivity index (χ2n) is 4.10. The highest BCUT2D eigenvalue weighted by atomic mass is 16.5. The highest BCUT2D eigenvalue weighted by molar-refractivity contribution is 5.92. The number of hydrogen-bond acceptors (Lipinski definition) is 3. The van der Waals surface area contributed by atoms with Crippen molar-refractivity contribution < 1.29 is 9.53 Å². The van der Waals surface area contributed by atoms with Crippen molar-refractivity contribution in [2.45, 2.75) is 13.5 Å². The van der Waals surface area contributed by atoms with Gasteiger partial charge in [0, 0.05) is 17.8 Å². The van der Waals surface area contributed by atoms with Gasteiger partial charge in [0.1, 0.15) is 5.75 Å². The van der Waals surface area contributed by atoms with Gasteiger partial charge in [0.2, 0.25) is 5.91 Å². The molecule has 20 heavy (non-hydrogen) atoms. The van der Waals surface area contributed by atoms with E-state index < -0.39 is 0 Å². The van der Waals surface area contributed by atoms with Gasteiger partial charge in [0.05, 0.1) is 25.2 Å². The fourth-order valence-corrected chi connectivity index (χ4v) is 1.69. The summed E-state index contributed by atoms with van der Waals surface area (Å²) in [5, 5.41) is 2.77. The minimum absolute atomic E-state index is 0.161. The van der Waals surface area contributed by atoms with Gasteiger partial charge < -0.3 is 15.0 Å². The summed E-state index contributed by atoms with van der Waals surface area (Å²) in [5.41, 5.74) is 1.74. The van der Waals surface area contributed by atoms with E-state index in [-0.39, 0.29) is 5.91 Å². The summed E-state index contributed by atoms with van der Waals surface area (Å²) in [6, 6.07) is 7.60. The molecule has 0 bridgehead atoms. The van der Waals surface area contributed by atoms with E-state index in [1.54, 1.807) is 18.6 Å². The van der Waals surface area contributed by atoms with Gasteiger partial charge in [-0.25, -0.2) is 4.98 Å². The summed E-state index contributed by atoms with van der Waals surface area (Å²) in [6.07, 6.45) is 6.49. The van der Waals surface area contributed by atoms with Crippen LogP contribution in [0.25, 0.3) is 6.08 Å². The Bertz CT molecular complexity index is 577. The second-order valence-corrected chi connectivity index (χ2v) is 4.10. The molecule has 0 spiro atoms. The summed E-state index contributed by atoms with van der Waals surface area (Å²) < 4.78 is 5.49. The standard InChI is InChI=1S/C15H17N3O2/c1-2-20-14-6-4-3-5-12(14)7-8-15(19)17-10-13-9-16-11-18-13/h3-9,11H,2,10H2,1H3,(H,16,18)(H,17,19). The first kappa shape index (κ1) is 13.9. The Kier molecular flexibility index (Phi) is 4.94. The lowest BCUT2D eigenvalue weighted by atomic mass is 10.2. The van der Waals surface area contributed by atoms with Crippen molar-refractivity contribution in [3.63, 3.8) is 0 Å². The molecular weight excluding hydrogens is 254 g/mol. The third kappa shape index (κ3) is 3.98.